The molecule has 1 aromatic heterocycles. The lowest BCUT2D eigenvalue weighted by Gasteiger charge is -2.53. The van der Waals surface area contributed by atoms with Gasteiger partial charge in [0.25, 0.3) is 5.91 Å². The first-order valence-corrected chi connectivity index (χ1v) is 8.28. The van der Waals surface area contributed by atoms with Gasteiger partial charge >= 0.3 is 0 Å². The molecule has 2 aliphatic rings. The monoisotopic (exact) mass is 306 g/mol. The fraction of sp³-hybridized carbons (Fsp3) is 0.765. The van der Waals surface area contributed by atoms with Crippen LogP contribution in [0.15, 0.2) is 10.6 Å². The summed E-state index contributed by atoms with van der Waals surface area (Å²) in [5.41, 5.74) is 0.258. The molecular formula is C17H26N2O3. The van der Waals surface area contributed by atoms with Crippen LogP contribution in [0.1, 0.15) is 63.2 Å². The number of ether oxygens (including phenoxy) is 1. The van der Waals surface area contributed by atoms with E-state index in [2.05, 4.69) is 25.9 Å². The van der Waals surface area contributed by atoms with Crippen LogP contribution in [0.2, 0.25) is 0 Å². The Bertz CT molecular complexity index is 566. The quantitative estimate of drug-likeness (QED) is 0.842. The molecular weight excluding hydrogens is 280 g/mol. The molecule has 2 fully saturated rings. The lowest BCUT2D eigenvalue weighted by Crippen LogP contribution is -2.58. The molecule has 0 aliphatic carbocycles. The van der Waals surface area contributed by atoms with Crippen LogP contribution in [0.3, 0.4) is 0 Å². The van der Waals surface area contributed by atoms with Crippen LogP contribution in [0.5, 0.6) is 0 Å². The molecule has 122 valence electrons. The number of aromatic nitrogens is 1. The lowest BCUT2D eigenvalue weighted by atomic mass is 9.74. The zero-order chi connectivity index (χ0) is 16.0. The van der Waals surface area contributed by atoms with Crippen LogP contribution in [0.4, 0.5) is 0 Å². The minimum atomic E-state index is -0.114. The van der Waals surface area contributed by atoms with E-state index in [4.69, 9.17) is 9.26 Å². The number of fused-ring (bicyclic) bond motifs is 1. The summed E-state index contributed by atoms with van der Waals surface area (Å²) in [6.45, 7) is 9.98. The summed E-state index contributed by atoms with van der Waals surface area (Å²) in [6, 6.07) is 1.76. The van der Waals surface area contributed by atoms with Gasteiger partial charge < -0.3 is 14.2 Å². The molecule has 0 radical (unpaired) electrons. The van der Waals surface area contributed by atoms with Crippen LogP contribution in [-0.2, 0) is 11.2 Å². The minimum absolute atomic E-state index is 0.0182. The van der Waals surface area contributed by atoms with Crippen molar-refractivity contribution in [3.63, 3.8) is 0 Å². The van der Waals surface area contributed by atoms with E-state index < -0.39 is 0 Å². The van der Waals surface area contributed by atoms with Gasteiger partial charge in [-0.2, -0.15) is 0 Å². The highest BCUT2D eigenvalue weighted by molar-refractivity contribution is 5.92. The third-order valence-electron chi connectivity index (χ3n) is 5.20. The maximum Gasteiger partial charge on any atom is 0.276 e. The molecule has 2 saturated heterocycles. The molecule has 0 unspecified atom stereocenters. The zero-order valence-electron chi connectivity index (χ0n) is 14.0. The van der Waals surface area contributed by atoms with Gasteiger partial charge in [0, 0.05) is 31.5 Å². The van der Waals surface area contributed by atoms with E-state index in [0.29, 0.717) is 11.6 Å². The second-order valence-electron chi connectivity index (χ2n) is 7.44. The number of amides is 1. The van der Waals surface area contributed by atoms with Gasteiger partial charge in [-0.05, 0) is 40.0 Å². The molecule has 2 atom stereocenters. The molecule has 5 heteroatoms. The van der Waals surface area contributed by atoms with Gasteiger partial charge in [-0.15, -0.1) is 0 Å². The number of nitrogens with zero attached hydrogens (tertiary/aromatic N) is 2. The number of piperidine rings is 1. The van der Waals surface area contributed by atoms with Gasteiger partial charge in [-0.3, -0.25) is 4.79 Å². The van der Waals surface area contributed by atoms with Crippen molar-refractivity contribution in [3.05, 3.63) is 17.5 Å². The van der Waals surface area contributed by atoms with Crippen molar-refractivity contribution in [2.24, 2.45) is 5.92 Å². The first kappa shape index (κ1) is 15.5. The van der Waals surface area contributed by atoms with Gasteiger partial charge in [-0.25, -0.2) is 0 Å². The minimum Gasteiger partial charge on any atom is -0.369 e. The fourth-order valence-electron chi connectivity index (χ4n) is 3.77. The van der Waals surface area contributed by atoms with Gasteiger partial charge in [0.1, 0.15) is 5.76 Å². The second kappa shape index (κ2) is 5.37. The average Bonchev–Trinajstić information content (AvgIpc) is 2.93. The van der Waals surface area contributed by atoms with Crippen molar-refractivity contribution in [1.29, 1.82) is 0 Å². The molecule has 0 aromatic carbocycles. The zero-order valence-corrected chi connectivity index (χ0v) is 14.0. The summed E-state index contributed by atoms with van der Waals surface area (Å²) >= 11 is 0. The van der Waals surface area contributed by atoms with Gasteiger partial charge in [-0.1, -0.05) is 12.1 Å². The maximum atomic E-state index is 12.6. The Morgan fingerprint density at radius 2 is 2.18 bits per heavy atom. The topological polar surface area (TPSA) is 55.6 Å². The van der Waals surface area contributed by atoms with E-state index >= 15 is 0 Å². The third-order valence-corrected chi connectivity index (χ3v) is 5.20. The Hall–Kier alpha value is -1.36. The van der Waals surface area contributed by atoms with Crippen molar-refractivity contribution in [2.75, 3.05) is 13.1 Å². The molecule has 3 rings (SSSR count). The van der Waals surface area contributed by atoms with E-state index in [9.17, 15) is 4.79 Å². The number of rotatable bonds is 2. The highest BCUT2D eigenvalue weighted by Crippen LogP contribution is 2.44. The summed E-state index contributed by atoms with van der Waals surface area (Å²) < 4.78 is 11.5. The molecule has 0 N–H and O–H groups in total. The van der Waals surface area contributed by atoms with E-state index in [1.165, 1.54) is 0 Å². The van der Waals surface area contributed by atoms with E-state index in [-0.39, 0.29) is 17.1 Å². The molecule has 0 spiro atoms. The number of aryl methyl sites for hydroxylation is 1. The maximum absolute atomic E-state index is 12.6. The van der Waals surface area contributed by atoms with Crippen LogP contribution in [0, 0.1) is 5.92 Å². The SMILES string of the molecule is CCc1cc(C(=O)N2CC[C@@]3(C)OC(C)(C)CC[C@H]3C2)no1. The first-order chi connectivity index (χ1) is 10.3. The van der Waals surface area contributed by atoms with Gasteiger partial charge in [0.2, 0.25) is 0 Å². The Morgan fingerprint density at radius 3 is 2.86 bits per heavy atom. The molecule has 0 saturated carbocycles. The standard InChI is InChI=1S/C17H26N2O3/c1-5-13-10-14(18-21-13)15(20)19-9-8-17(4)12(11-19)6-7-16(2,3)22-17/h10,12H,5-9,11H2,1-4H3/t12-,17+/m0/s1. The Balaban J connectivity index is 1.71. The summed E-state index contributed by atoms with van der Waals surface area (Å²) in [5.74, 6) is 1.14. The number of hydrogen-bond donors (Lipinski definition) is 0. The predicted octanol–water partition coefficient (Wildman–Crippen LogP) is 3.05. The molecule has 1 aromatic rings. The summed E-state index contributed by atoms with van der Waals surface area (Å²) in [5, 5.41) is 3.91. The lowest BCUT2D eigenvalue weighted by molar-refractivity contribution is -0.210. The highest BCUT2D eigenvalue weighted by atomic mass is 16.5. The average molecular weight is 306 g/mol. The Labute approximate surface area is 132 Å². The van der Waals surface area contributed by atoms with Crippen molar-refractivity contribution >= 4 is 5.91 Å². The Morgan fingerprint density at radius 1 is 1.41 bits per heavy atom. The summed E-state index contributed by atoms with van der Waals surface area (Å²) in [6.07, 6.45) is 3.78. The third kappa shape index (κ3) is 2.78. The molecule has 22 heavy (non-hydrogen) atoms. The van der Waals surface area contributed by atoms with Crippen molar-refractivity contribution in [2.45, 2.75) is 64.6 Å². The molecule has 3 heterocycles. The van der Waals surface area contributed by atoms with Crippen molar-refractivity contribution in [3.8, 4) is 0 Å². The summed E-state index contributed by atoms with van der Waals surface area (Å²) in [7, 11) is 0. The number of carbonyl (C=O) groups excluding carboxylic acids is 1. The normalized spacial score (nSPS) is 30.9. The molecule has 5 nitrogen and oxygen atoms in total. The fourth-order valence-corrected chi connectivity index (χ4v) is 3.77. The molecule has 1 amide bonds. The van der Waals surface area contributed by atoms with Crippen LogP contribution < -0.4 is 0 Å². The first-order valence-electron chi connectivity index (χ1n) is 8.28. The number of carbonyl (C=O) groups is 1. The predicted molar refractivity (Wildman–Crippen MR) is 82.7 cm³/mol. The van der Waals surface area contributed by atoms with Crippen molar-refractivity contribution < 1.29 is 14.1 Å². The molecule has 2 aliphatic heterocycles. The highest BCUT2D eigenvalue weighted by Gasteiger charge is 2.48. The second-order valence-corrected chi connectivity index (χ2v) is 7.44. The van der Waals surface area contributed by atoms with E-state index in [1.807, 2.05) is 11.8 Å². The number of likely N-dealkylation sites (tertiary alicyclic amines) is 1. The van der Waals surface area contributed by atoms with Crippen molar-refractivity contribution in [1.82, 2.24) is 10.1 Å². The van der Waals surface area contributed by atoms with E-state index in [0.717, 1.165) is 44.5 Å². The van der Waals surface area contributed by atoms with E-state index in [1.54, 1.807) is 6.07 Å². The van der Waals surface area contributed by atoms with Crippen LogP contribution in [-0.4, -0.2) is 40.3 Å². The largest absolute Gasteiger partial charge is 0.369 e. The number of hydrogen-bond acceptors (Lipinski definition) is 4. The molecule has 0 bridgehead atoms. The smallest absolute Gasteiger partial charge is 0.276 e. The van der Waals surface area contributed by atoms with Gasteiger partial charge in [0.15, 0.2) is 5.69 Å². The van der Waals surface area contributed by atoms with Crippen LogP contribution >= 0.6 is 0 Å². The summed E-state index contributed by atoms with van der Waals surface area (Å²) in [4.78, 5) is 14.5. The van der Waals surface area contributed by atoms with Crippen LogP contribution in [0.25, 0.3) is 0 Å². The Kier molecular flexibility index (Phi) is 3.79. The van der Waals surface area contributed by atoms with Gasteiger partial charge in [0.05, 0.1) is 11.2 Å².